The predicted octanol–water partition coefficient (Wildman–Crippen LogP) is 3.01. The number of carbonyl (C=O) groups excluding carboxylic acids is 1. The van der Waals surface area contributed by atoms with Crippen LogP contribution in [0.15, 0.2) is 66.7 Å². The molecule has 0 atom stereocenters. The molecule has 96 valence electrons. The number of benzene rings is 2. The first-order valence-electron chi connectivity index (χ1n) is 6.04. The molecule has 0 spiro atoms. The number of hydrogen-bond acceptors (Lipinski definition) is 2. The number of nitrogens with two attached hydrogens (primary N) is 1. The van der Waals surface area contributed by atoms with Gasteiger partial charge in [-0.15, -0.1) is 0 Å². The van der Waals surface area contributed by atoms with E-state index in [1.54, 1.807) is 0 Å². The molecule has 3 heteroatoms. The summed E-state index contributed by atoms with van der Waals surface area (Å²) in [5.74, 6) is -0.463. The zero-order valence-electron chi connectivity index (χ0n) is 10.6. The summed E-state index contributed by atoms with van der Waals surface area (Å²) in [5.41, 5.74) is 8.58. The van der Waals surface area contributed by atoms with E-state index in [9.17, 15) is 4.79 Å². The Morgan fingerprint density at radius 2 is 1.68 bits per heavy atom. The van der Waals surface area contributed by atoms with Crippen molar-refractivity contribution in [1.29, 1.82) is 0 Å². The third-order valence-corrected chi connectivity index (χ3v) is 2.82. The first-order valence-corrected chi connectivity index (χ1v) is 6.04. The van der Waals surface area contributed by atoms with Crippen molar-refractivity contribution in [3.63, 3.8) is 0 Å². The Morgan fingerprint density at radius 3 is 2.37 bits per heavy atom. The fraction of sp³-hybridized carbons (Fsp3) is 0.0625. The molecule has 0 radical (unpaired) electrons. The molecular formula is C16H16N2O. The van der Waals surface area contributed by atoms with Crippen molar-refractivity contribution in [1.82, 2.24) is 0 Å². The minimum atomic E-state index is -0.463. The van der Waals surface area contributed by atoms with Gasteiger partial charge in [-0.3, -0.25) is 4.79 Å². The van der Waals surface area contributed by atoms with Crippen molar-refractivity contribution in [3.8, 4) is 0 Å². The molecule has 0 aliphatic rings. The number of anilines is 2. The van der Waals surface area contributed by atoms with Crippen molar-refractivity contribution in [2.45, 2.75) is 6.42 Å². The van der Waals surface area contributed by atoms with Gasteiger partial charge in [0.2, 0.25) is 5.91 Å². The number of nitrogens with one attached hydrogen (secondary N) is 1. The van der Waals surface area contributed by atoms with Gasteiger partial charge in [-0.2, -0.15) is 0 Å². The number of primary amides is 1. The van der Waals surface area contributed by atoms with Crippen LogP contribution < -0.4 is 11.1 Å². The van der Waals surface area contributed by atoms with Crippen LogP contribution in [0.5, 0.6) is 0 Å². The van der Waals surface area contributed by atoms with Gasteiger partial charge in [0.25, 0.3) is 0 Å². The van der Waals surface area contributed by atoms with E-state index in [0.29, 0.717) is 12.0 Å². The molecule has 0 saturated heterocycles. The van der Waals surface area contributed by atoms with Crippen LogP contribution in [0.3, 0.4) is 0 Å². The Kier molecular flexibility index (Phi) is 3.98. The van der Waals surface area contributed by atoms with Crippen LogP contribution in [0.4, 0.5) is 11.4 Å². The van der Waals surface area contributed by atoms with E-state index < -0.39 is 5.91 Å². The summed E-state index contributed by atoms with van der Waals surface area (Å²) in [6.45, 7) is 3.70. The first-order chi connectivity index (χ1) is 9.16. The highest BCUT2D eigenvalue weighted by Gasteiger charge is 2.07. The number of para-hydroxylation sites is 2. The molecule has 3 N–H and O–H groups in total. The summed E-state index contributed by atoms with van der Waals surface area (Å²) in [7, 11) is 0. The number of carbonyl (C=O) groups is 1. The Labute approximate surface area is 112 Å². The van der Waals surface area contributed by atoms with Crippen LogP contribution in [0.25, 0.3) is 0 Å². The lowest BCUT2D eigenvalue weighted by Gasteiger charge is -2.12. The molecule has 2 aromatic carbocycles. The minimum absolute atomic E-state index is 0.405. The second-order valence-electron chi connectivity index (χ2n) is 4.29. The van der Waals surface area contributed by atoms with Gasteiger partial charge in [-0.05, 0) is 23.8 Å². The Balaban J connectivity index is 2.21. The van der Waals surface area contributed by atoms with E-state index in [1.807, 2.05) is 54.6 Å². The highest BCUT2D eigenvalue weighted by Crippen LogP contribution is 2.22. The van der Waals surface area contributed by atoms with Crippen molar-refractivity contribution < 1.29 is 4.79 Å². The van der Waals surface area contributed by atoms with Gasteiger partial charge in [0.15, 0.2) is 0 Å². The molecule has 0 heterocycles. The maximum Gasteiger partial charge on any atom is 0.244 e. The molecular weight excluding hydrogens is 236 g/mol. The normalized spacial score (nSPS) is 9.89. The van der Waals surface area contributed by atoms with E-state index in [0.717, 1.165) is 16.9 Å². The average Bonchev–Trinajstić information content (AvgIpc) is 2.42. The second kappa shape index (κ2) is 5.87. The van der Waals surface area contributed by atoms with Crippen LogP contribution in [-0.4, -0.2) is 5.91 Å². The molecule has 0 bridgehead atoms. The molecule has 3 nitrogen and oxygen atoms in total. The van der Waals surface area contributed by atoms with Crippen LogP contribution in [-0.2, 0) is 11.2 Å². The van der Waals surface area contributed by atoms with Crippen molar-refractivity contribution in [3.05, 3.63) is 72.3 Å². The molecule has 1 amide bonds. The molecule has 0 fully saturated rings. The maximum atomic E-state index is 11.1. The fourth-order valence-electron chi connectivity index (χ4n) is 1.79. The third kappa shape index (κ3) is 3.45. The Bertz CT molecular complexity index is 591. The summed E-state index contributed by atoms with van der Waals surface area (Å²) in [5, 5.41) is 3.32. The highest BCUT2D eigenvalue weighted by atomic mass is 16.1. The van der Waals surface area contributed by atoms with E-state index >= 15 is 0 Å². The van der Waals surface area contributed by atoms with E-state index in [4.69, 9.17) is 5.73 Å². The third-order valence-electron chi connectivity index (χ3n) is 2.82. The van der Waals surface area contributed by atoms with Crippen LogP contribution >= 0.6 is 0 Å². The molecule has 0 aliphatic heterocycles. The quantitative estimate of drug-likeness (QED) is 0.804. The zero-order chi connectivity index (χ0) is 13.7. The van der Waals surface area contributed by atoms with Crippen molar-refractivity contribution in [2.24, 2.45) is 5.73 Å². The van der Waals surface area contributed by atoms with Gasteiger partial charge in [-0.25, -0.2) is 0 Å². The lowest BCUT2D eigenvalue weighted by atomic mass is 10.0. The Hall–Kier alpha value is -2.55. The molecule has 19 heavy (non-hydrogen) atoms. The summed E-state index contributed by atoms with van der Waals surface area (Å²) < 4.78 is 0. The van der Waals surface area contributed by atoms with E-state index in [1.165, 1.54) is 0 Å². The predicted molar refractivity (Wildman–Crippen MR) is 78.2 cm³/mol. The van der Waals surface area contributed by atoms with Gasteiger partial charge in [0, 0.05) is 23.4 Å². The maximum absolute atomic E-state index is 11.1. The standard InChI is InChI=1S/C16H16N2O/c1-12(16(17)19)11-13-7-5-6-10-15(13)18-14-8-3-2-4-9-14/h2-10,18H,1,11H2,(H2,17,19). The average molecular weight is 252 g/mol. The highest BCUT2D eigenvalue weighted by molar-refractivity contribution is 5.92. The molecule has 0 unspecified atom stereocenters. The van der Waals surface area contributed by atoms with Gasteiger partial charge >= 0.3 is 0 Å². The summed E-state index contributed by atoms with van der Waals surface area (Å²) >= 11 is 0. The van der Waals surface area contributed by atoms with Gasteiger partial charge in [0.1, 0.15) is 0 Å². The molecule has 2 aromatic rings. The number of amides is 1. The first kappa shape index (κ1) is 12.9. The van der Waals surface area contributed by atoms with Crippen LogP contribution in [0.1, 0.15) is 5.56 Å². The molecule has 2 rings (SSSR count). The largest absolute Gasteiger partial charge is 0.366 e. The fourth-order valence-corrected chi connectivity index (χ4v) is 1.79. The monoisotopic (exact) mass is 252 g/mol. The van der Waals surface area contributed by atoms with Crippen LogP contribution in [0.2, 0.25) is 0 Å². The molecule has 0 saturated carbocycles. The lowest BCUT2D eigenvalue weighted by Crippen LogP contribution is -2.15. The summed E-state index contributed by atoms with van der Waals surface area (Å²) in [4.78, 5) is 11.1. The summed E-state index contributed by atoms with van der Waals surface area (Å²) in [6.07, 6.45) is 0.450. The van der Waals surface area contributed by atoms with Crippen LogP contribution in [0, 0.1) is 0 Å². The molecule has 0 aliphatic carbocycles. The Morgan fingerprint density at radius 1 is 1.05 bits per heavy atom. The summed E-state index contributed by atoms with van der Waals surface area (Å²) in [6, 6.07) is 17.7. The zero-order valence-corrected chi connectivity index (χ0v) is 10.6. The lowest BCUT2D eigenvalue weighted by molar-refractivity contribution is -0.114. The van der Waals surface area contributed by atoms with E-state index in [-0.39, 0.29) is 0 Å². The second-order valence-corrected chi connectivity index (χ2v) is 4.29. The minimum Gasteiger partial charge on any atom is -0.366 e. The van der Waals surface area contributed by atoms with Gasteiger partial charge < -0.3 is 11.1 Å². The van der Waals surface area contributed by atoms with E-state index in [2.05, 4.69) is 11.9 Å². The van der Waals surface area contributed by atoms with Crippen molar-refractivity contribution >= 4 is 17.3 Å². The topological polar surface area (TPSA) is 55.1 Å². The van der Waals surface area contributed by atoms with Gasteiger partial charge in [-0.1, -0.05) is 43.0 Å². The number of rotatable bonds is 5. The SMILES string of the molecule is C=C(Cc1ccccc1Nc1ccccc1)C(N)=O. The smallest absolute Gasteiger partial charge is 0.244 e. The molecule has 0 aromatic heterocycles. The van der Waals surface area contributed by atoms with Gasteiger partial charge in [0.05, 0.1) is 0 Å². The van der Waals surface area contributed by atoms with Crippen molar-refractivity contribution in [2.75, 3.05) is 5.32 Å². The number of hydrogen-bond donors (Lipinski definition) is 2.